The van der Waals surface area contributed by atoms with Crippen molar-refractivity contribution < 1.29 is 22.8 Å². The number of aromatic amines is 1. The maximum absolute atomic E-state index is 13.4. The van der Waals surface area contributed by atoms with Crippen molar-refractivity contribution in [1.82, 2.24) is 10.3 Å². The van der Waals surface area contributed by atoms with Gasteiger partial charge < -0.3 is 10.3 Å². The molecule has 1 aliphatic rings. The Hall–Kier alpha value is -2.57. The molecule has 4 nitrogen and oxygen atoms in total. The third-order valence-electron chi connectivity index (χ3n) is 4.40. The molecule has 0 aliphatic heterocycles. The van der Waals surface area contributed by atoms with E-state index in [0.717, 1.165) is 0 Å². The van der Waals surface area contributed by atoms with Gasteiger partial charge in [-0.2, -0.15) is 13.2 Å². The van der Waals surface area contributed by atoms with Gasteiger partial charge in [-0.1, -0.05) is 30.3 Å². The van der Waals surface area contributed by atoms with Crippen LogP contribution in [0, 0.1) is 6.92 Å². The van der Waals surface area contributed by atoms with E-state index in [-0.39, 0.29) is 17.0 Å². The number of carbonyl (C=O) groups excluding carboxylic acids is 2. The number of carbonyl (C=O) groups is 2. The first kappa shape index (κ1) is 17.3. The van der Waals surface area contributed by atoms with Crippen LogP contribution in [0.2, 0.25) is 0 Å². The summed E-state index contributed by atoms with van der Waals surface area (Å²) in [6.07, 6.45) is -2.96. The number of fused-ring (bicyclic) bond motifs is 1. The van der Waals surface area contributed by atoms with Gasteiger partial charge in [-0.15, -0.1) is 0 Å². The Kier molecular flexibility index (Phi) is 4.41. The van der Waals surface area contributed by atoms with Crippen LogP contribution in [0.25, 0.3) is 0 Å². The van der Waals surface area contributed by atoms with Crippen LogP contribution < -0.4 is 5.32 Å². The summed E-state index contributed by atoms with van der Waals surface area (Å²) in [5, 5.41) is 2.05. The average molecular weight is 350 g/mol. The third-order valence-corrected chi connectivity index (χ3v) is 4.40. The Morgan fingerprint density at radius 1 is 1.20 bits per heavy atom. The van der Waals surface area contributed by atoms with Crippen molar-refractivity contribution in [2.45, 2.75) is 38.4 Å². The minimum Gasteiger partial charge on any atom is -0.354 e. The summed E-state index contributed by atoms with van der Waals surface area (Å²) in [4.78, 5) is 27.3. The van der Waals surface area contributed by atoms with Crippen LogP contribution >= 0.6 is 0 Å². The Morgan fingerprint density at radius 3 is 2.48 bits per heavy atom. The molecule has 0 fully saturated rings. The minimum atomic E-state index is -4.63. The predicted octanol–water partition coefficient (Wildman–Crippen LogP) is 3.88. The lowest BCUT2D eigenvalue weighted by molar-refractivity contribution is -0.155. The first-order valence-corrected chi connectivity index (χ1v) is 7.96. The zero-order chi connectivity index (χ0) is 18.2. The fourth-order valence-corrected chi connectivity index (χ4v) is 3.20. The molecule has 0 saturated heterocycles. The first-order chi connectivity index (χ1) is 11.8. The second-order valence-electron chi connectivity index (χ2n) is 6.11. The van der Waals surface area contributed by atoms with E-state index in [9.17, 15) is 22.8 Å². The number of Topliss-reactive ketones (excluding diaryl/α,β-unsaturated/α-hetero) is 1. The van der Waals surface area contributed by atoms with Crippen molar-refractivity contribution in [3.8, 4) is 0 Å². The van der Waals surface area contributed by atoms with Gasteiger partial charge in [0.15, 0.2) is 11.8 Å². The van der Waals surface area contributed by atoms with Gasteiger partial charge in [0.1, 0.15) is 5.69 Å². The summed E-state index contributed by atoms with van der Waals surface area (Å²) in [5.41, 5.74) is 1.45. The SMILES string of the molecule is Cc1c(C(=O)NC(c2ccccc2)C(F)(F)F)[nH]c2c1C(=O)CCC2. The zero-order valence-electron chi connectivity index (χ0n) is 13.5. The summed E-state index contributed by atoms with van der Waals surface area (Å²) in [7, 11) is 0. The Morgan fingerprint density at radius 2 is 1.88 bits per heavy atom. The van der Waals surface area contributed by atoms with Crippen LogP contribution in [0.5, 0.6) is 0 Å². The quantitative estimate of drug-likeness (QED) is 0.883. The molecule has 3 rings (SSSR count). The van der Waals surface area contributed by atoms with Gasteiger partial charge in [0.2, 0.25) is 0 Å². The average Bonchev–Trinajstić information content (AvgIpc) is 2.90. The summed E-state index contributed by atoms with van der Waals surface area (Å²) in [6, 6.07) is 5.09. The van der Waals surface area contributed by atoms with Crippen LogP contribution in [0.1, 0.15) is 56.6 Å². The fourth-order valence-electron chi connectivity index (χ4n) is 3.20. The van der Waals surface area contributed by atoms with E-state index < -0.39 is 18.1 Å². The Labute approximate surface area is 142 Å². The molecule has 1 aromatic carbocycles. The van der Waals surface area contributed by atoms with Crippen LogP contribution in [0.3, 0.4) is 0 Å². The van der Waals surface area contributed by atoms with Crippen molar-refractivity contribution in [3.63, 3.8) is 0 Å². The molecule has 1 aromatic heterocycles. The van der Waals surface area contributed by atoms with Crippen LogP contribution in [0.4, 0.5) is 13.2 Å². The first-order valence-electron chi connectivity index (χ1n) is 7.96. The van der Waals surface area contributed by atoms with Crippen molar-refractivity contribution in [2.24, 2.45) is 0 Å². The van der Waals surface area contributed by atoms with E-state index >= 15 is 0 Å². The molecule has 1 amide bonds. The van der Waals surface area contributed by atoms with Gasteiger partial charge in [0.05, 0.1) is 0 Å². The molecule has 0 radical (unpaired) electrons. The van der Waals surface area contributed by atoms with Crippen LogP contribution in [-0.2, 0) is 6.42 Å². The molecule has 0 bridgehead atoms. The van der Waals surface area contributed by atoms with E-state index in [1.807, 2.05) is 5.32 Å². The molecule has 1 heterocycles. The van der Waals surface area contributed by atoms with Crippen LogP contribution in [0.15, 0.2) is 30.3 Å². The summed E-state index contributed by atoms with van der Waals surface area (Å²) < 4.78 is 40.2. The number of amides is 1. The van der Waals surface area contributed by atoms with Crippen molar-refractivity contribution >= 4 is 11.7 Å². The van der Waals surface area contributed by atoms with E-state index in [4.69, 9.17) is 0 Å². The number of hydrogen-bond donors (Lipinski definition) is 2. The maximum Gasteiger partial charge on any atom is 0.412 e. The van der Waals surface area contributed by atoms with E-state index in [2.05, 4.69) is 4.98 Å². The predicted molar refractivity (Wildman–Crippen MR) is 85.5 cm³/mol. The highest BCUT2D eigenvalue weighted by Crippen LogP contribution is 2.33. The minimum absolute atomic E-state index is 0.0189. The summed E-state index contributed by atoms with van der Waals surface area (Å²) in [6.45, 7) is 1.58. The topological polar surface area (TPSA) is 62.0 Å². The largest absolute Gasteiger partial charge is 0.412 e. The van der Waals surface area contributed by atoms with Gasteiger partial charge in [0, 0.05) is 17.7 Å². The molecule has 0 saturated carbocycles. The Bertz CT molecular complexity index is 810. The number of H-pyrrole nitrogens is 1. The molecule has 1 unspecified atom stereocenters. The number of benzene rings is 1. The molecular weight excluding hydrogens is 333 g/mol. The van der Waals surface area contributed by atoms with Gasteiger partial charge in [-0.05, 0) is 30.9 Å². The molecule has 7 heteroatoms. The van der Waals surface area contributed by atoms with Crippen molar-refractivity contribution in [3.05, 3.63) is 58.4 Å². The van der Waals surface area contributed by atoms with Gasteiger partial charge in [-0.3, -0.25) is 9.59 Å². The number of hydrogen-bond acceptors (Lipinski definition) is 2. The second kappa shape index (κ2) is 6.38. The van der Waals surface area contributed by atoms with Crippen molar-refractivity contribution in [2.75, 3.05) is 0 Å². The molecule has 2 N–H and O–H groups in total. The summed E-state index contributed by atoms with van der Waals surface area (Å²) in [5.74, 6) is -0.949. The van der Waals surface area contributed by atoms with Gasteiger partial charge in [-0.25, -0.2) is 0 Å². The molecule has 1 atom stereocenters. The highest BCUT2D eigenvalue weighted by molar-refractivity contribution is 6.04. The van der Waals surface area contributed by atoms with E-state index in [0.29, 0.717) is 36.1 Å². The number of ketones is 1. The highest BCUT2D eigenvalue weighted by Gasteiger charge is 2.42. The number of rotatable bonds is 3. The lowest BCUT2D eigenvalue weighted by Gasteiger charge is -2.22. The number of halogens is 3. The van der Waals surface area contributed by atoms with E-state index in [1.54, 1.807) is 13.0 Å². The summed E-state index contributed by atoms with van der Waals surface area (Å²) >= 11 is 0. The normalized spacial score (nSPS) is 15.6. The molecule has 25 heavy (non-hydrogen) atoms. The van der Waals surface area contributed by atoms with Gasteiger partial charge >= 0.3 is 6.18 Å². The van der Waals surface area contributed by atoms with Crippen LogP contribution in [-0.4, -0.2) is 22.9 Å². The number of aromatic nitrogens is 1. The lowest BCUT2D eigenvalue weighted by Crippen LogP contribution is -2.38. The second-order valence-corrected chi connectivity index (χ2v) is 6.11. The molecule has 1 aliphatic carbocycles. The fraction of sp³-hybridized carbons (Fsp3) is 0.333. The lowest BCUT2D eigenvalue weighted by atomic mass is 9.93. The molecule has 2 aromatic rings. The number of aryl methyl sites for hydroxylation is 1. The smallest absolute Gasteiger partial charge is 0.354 e. The number of alkyl halides is 3. The van der Waals surface area contributed by atoms with Crippen molar-refractivity contribution in [1.29, 1.82) is 0 Å². The van der Waals surface area contributed by atoms with Gasteiger partial charge in [0.25, 0.3) is 5.91 Å². The van der Waals surface area contributed by atoms with E-state index in [1.165, 1.54) is 24.3 Å². The number of nitrogens with one attached hydrogen (secondary N) is 2. The maximum atomic E-state index is 13.4. The Balaban J connectivity index is 1.92. The zero-order valence-corrected chi connectivity index (χ0v) is 13.5. The highest BCUT2D eigenvalue weighted by atomic mass is 19.4. The molecular formula is C18H17F3N2O2. The standard InChI is InChI=1S/C18H17F3N2O2/c1-10-14-12(8-5-9-13(14)24)22-15(10)17(25)23-16(18(19,20)21)11-6-3-2-4-7-11/h2-4,6-7,16,22H,5,8-9H2,1H3,(H,23,25). The monoisotopic (exact) mass is 350 g/mol. The molecule has 132 valence electrons. The molecule has 0 spiro atoms. The third kappa shape index (κ3) is 3.31.